The fraction of sp³-hybridized carbons (Fsp3) is 0.434. The fourth-order valence-corrected chi connectivity index (χ4v) is 9.34. The number of hydrogen-bond donors (Lipinski definition) is 1. The number of benzene rings is 4. The van der Waals surface area contributed by atoms with E-state index in [-0.39, 0.29) is 48.9 Å². The standard InChI is InChI=1S/C40H42NS.C13H24O2.Ir/c1-23(2)28-19-33(24(3)4)37(34(20-28)25(5)6)27-14-15-31-32-16-17-41-38(39(32)42-36(31)22-27)29-18-26-12-10-11-13-30(26)35(21-29)40(7,8)9;1-5-10(6-2)12(14)9-13(15)11(7-3)8-4;/h10-17,19-25H,1-9H3;9-11,14H,5-8H2,1-4H3;/q-1;;/b;12-9-;. The number of aliphatic hydroxyl groups excluding tert-OH is 1. The van der Waals surface area contributed by atoms with E-state index in [0.717, 1.165) is 42.3 Å². The molecule has 1 N–H and O–H groups in total. The summed E-state index contributed by atoms with van der Waals surface area (Å²) in [6.45, 7) is 28.9. The third-order valence-corrected chi connectivity index (χ3v) is 12.9. The maximum absolute atomic E-state index is 11.7. The topological polar surface area (TPSA) is 50.2 Å². The summed E-state index contributed by atoms with van der Waals surface area (Å²) in [6.07, 6.45) is 6.87. The Morgan fingerprint density at radius 1 is 0.759 bits per heavy atom. The van der Waals surface area contributed by atoms with E-state index in [2.05, 4.69) is 135 Å². The zero-order chi connectivity index (χ0) is 41.8. The number of carbonyl (C=O) groups excluding carboxylic acids is 1. The van der Waals surface area contributed by atoms with Gasteiger partial charge in [-0.05, 0) is 99.6 Å². The van der Waals surface area contributed by atoms with Crippen molar-refractivity contribution in [3.63, 3.8) is 0 Å². The molecule has 4 aromatic carbocycles. The molecule has 1 radical (unpaired) electrons. The van der Waals surface area contributed by atoms with Gasteiger partial charge in [0, 0.05) is 59.3 Å². The van der Waals surface area contributed by atoms with Gasteiger partial charge in [-0.3, -0.25) is 9.78 Å². The number of ketones is 1. The zero-order valence-corrected chi connectivity index (χ0v) is 40.5. The number of carbonyl (C=O) groups is 1. The van der Waals surface area contributed by atoms with Gasteiger partial charge in [-0.15, -0.1) is 40.5 Å². The molecule has 5 heteroatoms. The van der Waals surface area contributed by atoms with Crippen LogP contribution >= 0.6 is 11.3 Å². The van der Waals surface area contributed by atoms with Gasteiger partial charge in [-0.1, -0.05) is 143 Å². The van der Waals surface area contributed by atoms with Crippen molar-refractivity contribution in [1.82, 2.24) is 4.98 Å². The predicted octanol–water partition coefficient (Wildman–Crippen LogP) is 16.3. The summed E-state index contributed by atoms with van der Waals surface area (Å²) < 4.78 is 2.55. The van der Waals surface area contributed by atoms with Gasteiger partial charge in [-0.25, -0.2) is 0 Å². The molecule has 0 saturated heterocycles. The van der Waals surface area contributed by atoms with E-state index in [0.29, 0.717) is 17.8 Å². The summed E-state index contributed by atoms with van der Waals surface area (Å²) in [6, 6.07) is 28.9. The number of nitrogens with zero attached hydrogens (tertiary/aromatic N) is 1. The van der Waals surface area contributed by atoms with Gasteiger partial charge in [0.2, 0.25) is 0 Å². The quantitative estimate of drug-likeness (QED) is 0.0755. The molecule has 0 unspecified atom stereocenters. The van der Waals surface area contributed by atoms with Crippen LogP contribution in [0.2, 0.25) is 0 Å². The van der Waals surface area contributed by atoms with Crippen molar-refractivity contribution in [2.45, 2.75) is 139 Å². The average molecular weight is 973 g/mol. The number of hydrogen-bond acceptors (Lipinski definition) is 4. The van der Waals surface area contributed by atoms with Crippen LogP contribution in [0.5, 0.6) is 0 Å². The summed E-state index contributed by atoms with van der Waals surface area (Å²) >= 11 is 1.86. The van der Waals surface area contributed by atoms with Crippen molar-refractivity contribution in [3.8, 4) is 22.4 Å². The van der Waals surface area contributed by atoms with Gasteiger partial charge in [0.1, 0.15) is 0 Å². The van der Waals surface area contributed by atoms with Crippen LogP contribution in [-0.4, -0.2) is 15.9 Å². The molecule has 0 fully saturated rings. The van der Waals surface area contributed by atoms with Gasteiger partial charge >= 0.3 is 0 Å². The van der Waals surface area contributed by atoms with Crippen LogP contribution in [0.15, 0.2) is 84.8 Å². The minimum atomic E-state index is 0. The Labute approximate surface area is 367 Å². The first-order valence-electron chi connectivity index (χ1n) is 21.4. The first-order chi connectivity index (χ1) is 27.0. The molecule has 311 valence electrons. The van der Waals surface area contributed by atoms with Gasteiger partial charge in [0.05, 0.1) is 5.76 Å². The first-order valence-corrected chi connectivity index (χ1v) is 22.2. The summed E-state index contributed by atoms with van der Waals surface area (Å²) in [5, 5.41) is 14.8. The predicted molar refractivity (Wildman–Crippen MR) is 249 cm³/mol. The van der Waals surface area contributed by atoms with Crippen LogP contribution in [-0.2, 0) is 30.3 Å². The van der Waals surface area contributed by atoms with E-state index < -0.39 is 0 Å². The number of fused-ring (bicyclic) bond motifs is 4. The minimum absolute atomic E-state index is 0. The van der Waals surface area contributed by atoms with E-state index in [1.807, 2.05) is 45.2 Å². The van der Waals surface area contributed by atoms with E-state index in [9.17, 15) is 9.90 Å². The molecule has 0 bridgehead atoms. The average Bonchev–Trinajstić information content (AvgIpc) is 3.55. The van der Waals surface area contributed by atoms with Crippen molar-refractivity contribution in [2.75, 3.05) is 0 Å². The SMILES string of the molecule is CC(C)c1cc(C(C)C)c(-c2ccc3c(c2)sc2c(-c4[c-]c5ccccc5c(C(C)(C)C)c4)nccc23)c(C(C)C)c1.CCC(CC)C(=O)/C=C(\O)C(CC)CC.[Ir]. The van der Waals surface area contributed by atoms with E-state index in [4.69, 9.17) is 4.98 Å². The summed E-state index contributed by atoms with van der Waals surface area (Å²) in [4.78, 5) is 16.7. The number of aromatic nitrogens is 1. The number of aliphatic hydroxyl groups is 1. The molecule has 0 amide bonds. The van der Waals surface area contributed by atoms with E-state index >= 15 is 0 Å². The normalized spacial score (nSPS) is 12.3. The van der Waals surface area contributed by atoms with E-state index in [1.54, 1.807) is 0 Å². The minimum Gasteiger partial charge on any atom is -0.512 e. The zero-order valence-electron chi connectivity index (χ0n) is 37.3. The van der Waals surface area contributed by atoms with Crippen LogP contribution in [0, 0.1) is 17.9 Å². The first kappa shape index (κ1) is 47.1. The molecular weight excluding hydrogens is 907 g/mol. The molecule has 0 aliphatic rings. The second-order valence-corrected chi connectivity index (χ2v) is 18.8. The third kappa shape index (κ3) is 10.2. The van der Waals surface area contributed by atoms with Crippen molar-refractivity contribution < 1.29 is 30.0 Å². The van der Waals surface area contributed by atoms with Gasteiger partial charge in [0.25, 0.3) is 0 Å². The molecule has 0 aliphatic carbocycles. The Hall–Kier alpha value is -3.63. The molecular formula is C53H66IrNO2S-. The van der Waals surface area contributed by atoms with Crippen molar-refractivity contribution in [3.05, 3.63) is 113 Å². The summed E-state index contributed by atoms with van der Waals surface area (Å²) in [5.74, 6) is 1.96. The van der Waals surface area contributed by atoms with Crippen molar-refractivity contribution >= 4 is 48.1 Å². The number of pyridine rings is 1. The van der Waals surface area contributed by atoms with Gasteiger partial charge in [0.15, 0.2) is 5.78 Å². The van der Waals surface area contributed by atoms with Gasteiger partial charge in [-0.2, -0.15) is 0 Å². The molecule has 2 heterocycles. The van der Waals surface area contributed by atoms with Crippen LogP contribution in [0.1, 0.15) is 156 Å². The van der Waals surface area contributed by atoms with Crippen LogP contribution < -0.4 is 0 Å². The maximum Gasteiger partial charge on any atom is 0.162 e. The van der Waals surface area contributed by atoms with Gasteiger partial charge < -0.3 is 5.11 Å². The van der Waals surface area contributed by atoms with Crippen LogP contribution in [0.3, 0.4) is 0 Å². The Balaban J connectivity index is 0.000000398. The monoisotopic (exact) mass is 973 g/mol. The molecule has 58 heavy (non-hydrogen) atoms. The third-order valence-electron chi connectivity index (χ3n) is 11.7. The molecule has 0 saturated carbocycles. The largest absolute Gasteiger partial charge is 0.512 e. The van der Waals surface area contributed by atoms with Crippen LogP contribution in [0.25, 0.3) is 53.3 Å². The number of thiophene rings is 1. The molecule has 3 nitrogen and oxygen atoms in total. The Bertz CT molecular complexity index is 2340. The van der Waals surface area contributed by atoms with Crippen LogP contribution in [0.4, 0.5) is 0 Å². The fourth-order valence-electron chi connectivity index (χ4n) is 8.10. The molecule has 0 spiro atoms. The Kier molecular flexibility index (Phi) is 16.3. The number of allylic oxidation sites excluding steroid dienone is 2. The Morgan fingerprint density at radius 3 is 1.91 bits per heavy atom. The maximum atomic E-state index is 11.7. The smallest absolute Gasteiger partial charge is 0.162 e. The number of rotatable bonds is 12. The second-order valence-electron chi connectivity index (χ2n) is 17.8. The summed E-state index contributed by atoms with van der Waals surface area (Å²) in [7, 11) is 0. The molecule has 6 rings (SSSR count). The van der Waals surface area contributed by atoms with Crippen molar-refractivity contribution in [2.24, 2.45) is 11.8 Å². The molecule has 6 aromatic rings. The molecule has 2 aromatic heterocycles. The van der Waals surface area contributed by atoms with E-state index in [1.165, 1.54) is 65.0 Å². The van der Waals surface area contributed by atoms with Crippen molar-refractivity contribution in [1.29, 1.82) is 0 Å². The second kappa shape index (κ2) is 20.1. The molecule has 0 aliphatic heterocycles. The Morgan fingerprint density at radius 2 is 1.36 bits per heavy atom. The molecule has 0 atom stereocenters. The summed E-state index contributed by atoms with van der Waals surface area (Å²) in [5.41, 5.74) is 10.5.